The van der Waals surface area contributed by atoms with E-state index in [4.69, 9.17) is 4.74 Å². The first-order chi connectivity index (χ1) is 12.9. The number of sulfonamides is 1. The average Bonchev–Trinajstić information content (AvgIpc) is 3.22. The van der Waals surface area contributed by atoms with Crippen molar-refractivity contribution >= 4 is 22.1 Å². The van der Waals surface area contributed by atoms with Crippen molar-refractivity contribution in [3.63, 3.8) is 0 Å². The number of carbonyl (C=O) groups excluding carboxylic acids is 1. The highest BCUT2D eigenvalue weighted by molar-refractivity contribution is 7.89. The van der Waals surface area contributed by atoms with Crippen molar-refractivity contribution in [3.05, 3.63) is 18.2 Å². The predicted octanol–water partition coefficient (Wildman–Crippen LogP) is 0.260. The van der Waals surface area contributed by atoms with Gasteiger partial charge in [0.1, 0.15) is 5.75 Å². The number of hydrogen-bond donors (Lipinski definition) is 1. The standard InChI is InChI=1S/C18H25N3O5S/c1-26-18-5-4-16(27(24,25)20-7-6-15(23)11-20)8-17(18)21-13-2-3-14(21)10-19(9-13)12-22/h4-5,8,12-15,23H,2-3,6-7,9-11H2,1H3. The molecule has 1 aromatic carbocycles. The predicted molar refractivity (Wildman–Crippen MR) is 99.3 cm³/mol. The summed E-state index contributed by atoms with van der Waals surface area (Å²) in [5.74, 6) is 0.631. The summed E-state index contributed by atoms with van der Waals surface area (Å²) in [5, 5.41) is 9.71. The lowest BCUT2D eigenvalue weighted by atomic mass is 10.1. The Balaban J connectivity index is 1.69. The van der Waals surface area contributed by atoms with Crippen LogP contribution < -0.4 is 9.64 Å². The van der Waals surface area contributed by atoms with E-state index in [9.17, 15) is 18.3 Å². The fourth-order valence-corrected chi connectivity index (χ4v) is 6.04. The van der Waals surface area contributed by atoms with Crippen LogP contribution in [0.4, 0.5) is 5.69 Å². The summed E-state index contributed by atoms with van der Waals surface area (Å²) in [4.78, 5) is 15.4. The highest BCUT2D eigenvalue weighted by Gasteiger charge is 2.41. The Kier molecular flexibility index (Phi) is 4.77. The molecule has 0 aliphatic carbocycles. The Hall–Kier alpha value is -1.84. The third-order valence-corrected chi connectivity index (χ3v) is 7.71. The fraction of sp³-hybridized carbons (Fsp3) is 0.611. The van der Waals surface area contributed by atoms with Crippen LogP contribution in [0.15, 0.2) is 23.1 Å². The Labute approximate surface area is 159 Å². The normalized spacial score (nSPS) is 28.6. The van der Waals surface area contributed by atoms with Crippen molar-refractivity contribution < 1.29 is 23.1 Å². The number of rotatable bonds is 5. The number of β-amino-alcohol motifs (C(OH)–C–C–N with tert-alkyl or cyclic N) is 1. The van der Waals surface area contributed by atoms with Crippen LogP contribution in [0.5, 0.6) is 5.75 Å². The smallest absolute Gasteiger partial charge is 0.243 e. The number of nitrogens with zero attached hydrogens (tertiary/aromatic N) is 3. The molecule has 8 nitrogen and oxygen atoms in total. The second-order valence-electron chi connectivity index (χ2n) is 7.49. The van der Waals surface area contributed by atoms with Crippen LogP contribution in [0.25, 0.3) is 0 Å². The maximum Gasteiger partial charge on any atom is 0.243 e. The maximum atomic E-state index is 13.0. The molecule has 3 fully saturated rings. The molecule has 1 N–H and O–H groups in total. The molecule has 4 rings (SSSR count). The number of piperazine rings is 1. The number of benzene rings is 1. The summed E-state index contributed by atoms with van der Waals surface area (Å²) in [6, 6.07) is 5.26. The number of aliphatic hydroxyl groups excluding tert-OH is 1. The van der Waals surface area contributed by atoms with Crippen molar-refractivity contribution in [2.24, 2.45) is 0 Å². The molecule has 1 aromatic rings. The number of anilines is 1. The summed E-state index contributed by atoms with van der Waals surface area (Å²) >= 11 is 0. The molecule has 27 heavy (non-hydrogen) atoms. The molecule has 0 aromatic heterocycles. The van der Waals surface area contributed by atoms with E-state index in [-0.39, 0.29) is 23.5 Å². The first-order valence-corrected chi connectivity index (χ1v) is 10.7. The van der Waals surface area contributed by atoms with Gasteiger partial charge in [-0.1, -0.05) is 0 Å². The summed E-state index contributed by atoms with van der Waals surface area (Å²) in [6.07, 6.45) is 2.67. The van der Waals surface area contributed by atoms with Gasteiger partial charge in [-0.25, -0.2) is 8.42 Å². The van der Waals surface area contributed by atoms with Gasteiger partial charge in [-0.2, -0.15) is 4.31 Å². The Morgan fingerprint density at radius 2 is 1.85 bits per heavy atom. The topological polar surface area (TPSA) is 90.4 Å². The minimum Gasteiger partial charge on any atom is -0.495 e. The van der Waals surface area contributed by atoms with Crippen molar-refractivity contribution in [2.75, 3.05) is 38.2 Å². The van der Waals surface area contributed by atoms with Crippen molar-refractivity contribution in [1.82, 2.24) is 9.21 Å². The molecule has 0 radical (unpaired) electrons. The SMILES string of the molecule is COc1ccc(S(=O)(=O)N2CCC(O)C2)cc1N1C2CCC1CN(C=O)C2. The quantitative estimate of drug-likeness (QED) is 0.720. The van der Waals surface area contributed by atoms with Crippen molar-refractivity contribution in [3.8, 4) is 5.75 Å². The Bertz CT molecular complexity index is 816. The van der Waals surface area contributed by atoms with Gasteiger partial charge in [0, 0.05) is 38.3 Å². The van der Waals surface area contributed by atoms with Crippen molar-refractivity contribution in [2.45, 2.75) is 42.3 Å². The van der Waals surface area contributed by atoms with Crippen LogP contribution in [0, 0.1) is 0 Å². The molecule has 2 bridgehead atoms. The number of fused-ring (bicyclic) bond motifs is 2. The van der Waals surface area contributed by atoms with E-state index in [1.807, 2.05) is 0 Å². The molecule has 3 atom stereocenters. The Morgan fingerprint density at radius 3 is 2.41 bits per heavy atom. The fourth-order valence-electron chi connectivity index (χ4n) is 4.53. The van der Waals surface area contributed by atoms with Gasteiger partial charge in [0.2, 0.25) is 16.4 Å². The lowest BCUT2D eigenvalue weighted by Gasteiger charge is -2.41. The summed E-state index contributed by atoms with van der Waals surface area (Å²) in [7, 11) is -2.09. The highest BCUT2D eigenvalue weighted by atomic mass is 32.2. The zero-order valence-electron chi connectivity index (χ0n) is 15.3. The Morgan fingerprint density at radius 1 is 1.15 bits per heavy atom. The van der Waals surface area contributed by atoms with Gasteiger partial charge in [-0.05, 0) is 37.5 Å². The average molecular weight is 395 g/mol. The summed E-state index contributed by atoms with van der Waals surface area (Å²) in [5.41, 5.74) is 0.761. The van der Waals surface area contributed by atoms with Crippen LogP contribution >= 0.6 is 0 Å². The van der Waals surface area contributed by atoms with E-state index in [2.05, 4.69) is 4.90 Å². The molecular formula is C18H25N3O5S. The molecule has 9 heteroatoms. The first kappa shape index (κ1) is 18.5. The van der Waals surface area contributed by atoms with E-state index in [0.717, 1.165) is 24.9 Å². The molecule has 3 heterocycles. The van der Waals surface area contributed by atoms with E-state index in [0.29, 0.717) is 31.8 Å². The molecule has 148 valence electrons. The van der Waals surface area contributed by atoms with E-state index in [1.54, 1.807) is 30.2 Å². The lowest BCUT2D eigenvalue weighted by Crippen LogP contribution is -2.53. The number of methoxy groups -OCH3 is 1. The van der Waals surface area contributed by atoms with Gasteiger partial charge in [0.15, 0.2) is 0 Å². The number of amides is 1. The van der Waals surface area contributed by atoms with E-state index in [1.165, 1.54) is 4.31 Å². The van der Waals surface area contributed by atoms with Gasteiger partial charge in [-0.3, -0.25) is 4.79 Å². The molecule has 3 aliphatic rings. The van der Waals surface area contributed by atoms with Crippen LogP contribution in [-0.2, 0) is 14.8 Å². The van der Waals surface area contributed by atoms with Gasteiger partial charge < -0.3 is 19.6 Å². The van der Waals surface area contributed by atoms with Crippen LogP contribution in [0.3, 0.4) is 0 Å². The van der Waals surface area contributed by atoms with Gasteiger partial charge in [0.25, 0.3) is 0 Å². The molecule has 0 spiro atoms. The number of aliphatic hydroxyl groups is 1. The second-order valence-corrected chi connectivity index (χ2v) is 9.43. The molecule has 3 saturated heterocycles. The zero-order chi connectivity index (χ0) is 19.2. The third-order valence-electron chi connectivity index (χ3n) is 5.85. The second kappa shape index (κ2) is 6.96. The minimum atomic E-state index is -3.66. The summed E-state index contributed by atoms with van der Waals surface area (Å²) in [6.45, 7) is 1.73. The number of likely N-dealkylation sites (tertiary alicyclic amines) is 1. The summed E-state index contributed by atoms with van der Waals surface area (Å²) < 4.78 is 32.8. The monoisotopic (exact) mass is 395 g/mol. The minimum absolute atomic E-state index is 0.132. The van der Waals surface area contributed by atoms with E-state index >= 15 is 0 Å². The third kappa shape index (κ3) is 3.17. The molecule has 0 saturated carbocycles. The van der Waals surface area contributed by atoms with Crippen LogP contribution in [0.1, 0.15) is 19.3 Å². The molecule has 1 amide bonds. The van der Waals surface area contributed by atoms with E-state index < -0.39 is 16.1 Å². The maximum absolute atomic E-state index is 13.0. The first-order valence-electron chi connectivity index (χ1n) is 9.28. The van der Waals surface area contributed by atoms with Crippen LogP contribution in [-0.4, -0.2) is 80.6 Å². The van der Waals surface area contributed by atoms with Crippen LogP contribution in [0.2, 0.25) is 0 Å². The molecule has 3 aliphatic heterocycles. The molecular weight excluding hydrogens is 370 g/mol. The largest absolute Gasteiger partial charge is 0.495 e. The highest BCUT2D eigenvalue weighted by Crippen LogP contribution is 2.41. The molecule has 3 unspecified atom stereocenters. The lowest BCUT2D eigenvalue weighted by molar-refractivity contribution is -0.119. The number of ether oxygens (including phenoxy) is 1. The number of carbonyl (C=O) groups is 1. The van der Waals surface area contributed by atoms with Gasteiger partial charge in [0.05, 0.1) is 23.8 Å². The van der Waals surface area contributed by atoms with Crippen molar-refractivity contribution in [1.29, 1.82) is 0 Å². The van der Waals surface area contributed by atoms with Gasteiger partial charge >= 0.3 is 0 Å². The van der Waals surface area contributed by atoms with Gasteiger partial charge in [-0.15, -0.1) is 0 Å². The zero-order valence-corrected chi connectivity index (χ0v) is 16.1. The number of hydrogen-bond acceptors (Lipinski definition) is 6.